The summed E-state index contributed by atoms with van der Waals surface area (Å²) in [4.78, 5) is 23.4. The van der Waals surface area contributed by atoms with Crippen molar-refractivity contribution in [2.24, 2.45) is 5.92 Å². The second kappa shape index (κ2) is 7.30. The maximum absolute atomic E-state index is 11.0. The van der Waals surface area contributed by atoms with Gasteiger partial charge >= 0.3 is 0 Å². The third-order valence-electron chi connectivity index (χ3n) is 3.80. The first kappa shape index (κ1) is 15.6. The van der Waals surface area contributed by atoms with Crippen LogP contribution < -0.4 is 5.32 Å². The summed E-state index contributed by atoms with van der Waals surface area (Å²) in [6.45, 7) is 4.69. The molecule has 1 aliphatic heterocycles. The first-order valence-electron chi connectivity index (χ1n) is 7.51. The van der Waals surface area contributed by atoms with Gasteiger partial charge in [0.05, 0.1) is 11.2 Å². The van der Waals surface area contributed by atoms with Gasteiger partial charge in [-0.25, -0.2) is 9.97 Å². The first-order chi connectivity index (χ1) is 10.7. The van der Waals surface area contributed by atoms with E-state index in [1.54, 1.807) is 22.7 Å². The van der Waals surface area contributed by atoms with E-state index in [9.17, 15) is 4.79 Å². The number of nitrogens with one attached hydrogen (secondary N) is 1. The molecule has 1 fully saturated rings. The molecule has 0 saturated carbocycles. The van der Waals surface area contributed by atoms with Gasteiger partial charge in [-0.3, -0.25) is 9.69 Å². The zero-order chi connectivity index (χ0) is 15.4. The van der Waals surface area contributed by atoms with Gasteiger partial charge in [0.15, 0.2) is 5.13 Å². The lowest BCUT2D eigenvalue weighted by molar-refractivity contribution is -0.114. The van der Waals surface area contributed by atoms with Gasteiger partial charge in [-0.2, -0.15) is 0 Å². The summed E-state index contributed by atoms with van der Waals surface area (Å²) in [5.74, 6) is 0.626. The van der Waals surface area contributed by atoms with Crippen LogP contribution in [-0.2, 0) is 17.8 Å². The molecule has 118 valence electrons. The lowest BCUT2D eigenvalue weighted by atomic mass is 9.94. The molecule has 1 aliphatic rings. The summed E-state index contributed by atoms with van der Waals surface area (Å²) >= 11 is 3.24. The molecule has 7 heteroatoms. The molecular formula is C15H20N4OS2. The molecule has 5 nitrogen and oxygen atoms in total. The van der Waals surface area contributed by atoms with Crippen LogP contribution >= 0.6 is 22.7 Å². The molecule has 0 bridgehead atoms. The number of likely N-dealkylation sites (tertiary alicyclic amines) is 1. The van der Waals surface area contributed by atoms with E-state index in [0.717, 1.165) is 26.1 Å². The second-order valence-corrected chi connectivity index (χ2v) is 7.57. The predicted octanol–water partition coefficient (Wildman–Crippen LogP) is 3.01. The Hall–Kier alpha value is -1.31. The fourth-order valence-corrected chi connectivity index (χ4v) is 4.38. The highest BCUT2D eigenvalue weighted by atomic mass is 32.1. The fourth-order valence-electron chi connectivity index (χ4n) is 2.90. The van der Waals surface area contributed by atoms with Crippen LogP contribution in [0, 0.1) is 5.92 Å². The van der Waals surface area contributed by atoms with Crippen LogP contribution in [0.3, 0.4) is 0 Å². The summed E-state index contributed by atoms with van der Waals surface area (Å²) in [5.41, 5.74) is 3.14. The zero-order valence-electron chi connectivity index (χ0n) is 12.6. The average molecular weight is 336 g/mol. The van der Waals surface area contributed by atoms with Gasteiger partial charge in [0, 0.05) is 36.5 Å². The highest BCUT2D eigenvalue weighted by Gasteiger charge is 2.21. The molecule has 0 aromatic carbocycles. The molecule has 22 heavy (non-hydrogen) atoms. The Morgan fingerprint density at radius 3 is 3.18 bits per heavy atom. The van der Waals surface area contributed by atoms with Crippen molar-refractivity contribution in [2.75, 3.05) is 18.4 Å². The van der Waals surface area contributed by atoms with E-state index >= 15 is 0 Å². The van der Waals surface area contributed by atoms with Crippen LogP contribution in [0.1, 0.15) is 30.3 Å². The third-order valence-corrected chi connectivity index (χ3v) is 5.33. The molecular weight excluding hydrogens is 316 g/mol. The Labute approximate surface area is 138 Å². The Morgan fingerprint density at radius 2 is 2.41 bits per heavy atom. The van der Waals surface area contributed by atoms with Gasteiger partial charge in [0.1, 0.15) is 0 Å². The average Bonchev–Trinajstić information content (AvgIpc) is 3.11. The molecule has 0 spiro atoms. The minimum Gasteiger partial charge on any atom is -0.302 e. The number of anilines is 1. The quantitative estimate of drug-likeness (QED) is 0.912. The van der Waals surface area contributed by atoms with Crippen LogP contribution in [-0.4, -0.2) is 33.9 Å². The smallest absolute Gasteiger partial charge is 0.223 e. The van der Waals surface area contributed by atoms with Crippen molar-refractivity contribution in [3.63, 3.8) is 0 Å². The van der Waals surface area contributed by atoms with Gasteiger partial charge in [0.2, 0.25) is 5.91 Å². The van der Waals surface area contributed by atoms with Crippen molar-refractivity contribution in [2.45, 2.75) is 32.7 Å². The number of piperidine rings is 1. The topological polar surface area (TPSA) is 58.1 Å². The van der Waals surface area contributed by atoms with E-state index in [0.29, 0.717) is 11.0 Å². The fraction of sp³-hybridized carbons (Fsp3) is 0.533. The molecule has 3 heterocycles. The number of hydrogen-bond acceptors (Lipinski definition) is 6. The van der Waals surface area contributed by atoms with Crippen molar-refractivity contribution in [3.8, 4) is 0 Å². The standard InChI is InChI=1S/C15H20N4OS2/c1-11(20)18-15-16-6-14(22-15)8-19-4-2-3-12(7-19)5-13-9-21-10-17-13/h6,9-10,12H,2-5,7-8H2,1H3,(H,16,18,20)/t12-/m0/s1. The molecule has 1 atom stereocenters. The monoisotopic (exact) mass is 336 g/mol. The third kappa shape index (κ3) is 4.34. The minimum atomic E-state index is -0.0674. The number of amides is 1. The van der Waals surface area contributed by atoms with Crippen molar-refractivity contribution in [1.82, 2.24) is 14.9 Å². The number of carbonyl (C=O) groups excluding carboxylic acids is 1. The molecule has 1 saturated heterocycles. The van der Waals surface area contributed by atoms with Crippen LogP contribution in [0.15, 0.2) is 17.1 Å². The van der Waals surface area contributed by atoms with Gasteiger partial charge in [-0.15, -0.1) is 22.7 Å². The van der Waals surface area contributed by atoms with Crippen LogP contribution in [0.5, 0.6) is 0 Å². The Balaban J connectivity index is 1.53. The van der Waals surface area contributed by atoms with Gasteiger partial charge in [-0.1, -0.05) is 0 Å². The SMILES string of the molecule is CC(=O)Nc1ncc(CN2CCC[C@@H](Cc3cscn3)C2)s1. The van der Waals surface area contributed by atoms with Gasteiger partial charge in [-0.05, 0) is 31.7 Å². The van der Waals surface area contributed by atoms with Crippen molar-refractivity contribution < 1.29 is 4.79 Å². The Bertz CT molecular complexity index is 611. The summed E-state index contributed by atoms with van der Waals surface area (Å²) in [7, 11) is 0. The summed E-state index contributed by atoms with van der Waals surface area (Å²) < 4.78 is 0. The number of aromatic nitrogens is 2. The normalized spacial score (nSPS) is 19.2. The molecule has 2 aromatic rings. The van der Waals surface area contributed by atoms with E-state index in [1.807, 2.05) is 11.7 Å². The van der Waals surface area contributed by atoms with Crippen molar-refractivity contribution >= 4 is 33.7 Å². The Kier molecular flexibility index (Phi) is 5.17. The largest absolute Gasteiger partial charge is 0.302 e. The predicted molar refractivity (Wildman–Crippen MR) is 90.2 cm³/mol. The summed E-state index contributed by atoms with van der Waals surface area (Å²) in [6.07, 6.45) is 5.49. The molecule has 0 unspecified atom stereocenters. The number of thiazole rings is 2. The number of nitrogens with zero attached hydrogens (tertiary/aromatic N) is 3. The van der Waals surface area contributed by atoms with E-state index < -0.39 is 0 Å². The zero-order valence-corrected chi connectivity index (χ0v) is 14.3. The van der Waals surface area contributed by atoms with Crippen LogP contribution in [0.4, 0.5) is 5.13 Å². The minimum absolute atomic E-state index is 0.0674. The maximum Gasteiger partial charge on any atom is 0.223 e. The van der Waals surface area contributed by atoms with Crippen molar-refractivity contribution in [3.05, 3.63) is 27.7 Å². The lowest BCUT2D eigenvalue weighted by Gasteiger charge is -2.32. The number of carbonyl (C=O) groups is 1. The van der Waals surface area contributed by atoms with Gasteiger partial charge in [0.25, 0.3) is 0 Å². The first-order valence-corrected chi connectivity index (χ1v) is 9.26. The summed E-state index contributed by atoms with van der Waals surface area (Å²) in [6, 6.07) is 0. The molecule has 0 aliphatic carbocycles. The van der Waals surface area contributed by atoms with Crippen LogP contribution in [0.25, 0.3) is 0 Å². The Morgan fingerprint density at radius 1 is 1.50 bits per heavy atom. The number of hydrogen-bond donors (Lipinski definition) is 1. The maximum atomic E-state index is 11.0. The molecule has 0 radical (unpaired) electrons. The highest BCUT2D eigenvalue weighted by molar-refractivity contribution is 7.15. The van der Waals surface area contributed by atoms with Crippen LogP contribution in [0.2, 0.25) is 0 Å². The molecule has 2 aromatic heterocycles. The van der Waals surface area contributed by atoms with Gasteiger partial charge < -0.3 is 5.32 Å². The number of rotatable bonds is 5. The van der Waals surface area contributed by atoms with E-state index in [4.69, 9.17) is 0 Å². The second-order valence-electron chi connectivity index (χ2n) is 5.74. The van der Waals surface area contributed by atoms with Crippen molar-refractivity contribution in [1.29, 1.82) is 0 Å². The van der Waals surface area contributed by atoms with E-state index in [-0.39, 0.29) is 5.91 Å². The van der Waals surface area contributed by atoms with E-state index in [1.165, 1.54) is 30.3 Å². The summed E-state index contributed by atoms with van der Waals surface area (Å²) in [5, 5.41) is 5.59. The molecule has 3 rings (SSSR count). The molecule has 1 amide bonds. The lowest BCUT2D eigenvalue weighted by Crippen LogP contribution is -2.35. The van der Waals surface area contributed by atoms with E-state index in [2.05, 4.69) is 25.6 Å². The highest BCUT2D eigenvalue weighted by Crippen LogP contribution is 2.25. The molecule has 1 N–H and O–H groups in total.